The van der Waals surface area contributed by atoms with E-state index in [9.17, 15) is 4.79 Å². The van der Waals surface area contributed by atoms with E-state index in [0.717, 1.165) is 41.9 Å². The molecular weight excluding hydrogens is 394 g/mol. The third-order valence-corrected chi connectivity index (χ3v) is 5.27. The van der Waals surface area contributed by atoms with Crippen molar-refractivity contribution in [2.24, 2.45) is 0 Å². The molecule has 3 rings (SSSR count). The number of hydrogen-bond donors (Lipinski definition) is 0. The fourth-order valence-corrected chi connectivity index (χ4v) is 3.77. The zero-order chi connectivity index (χ0) is 18.5. The molecule has 5 heteroatoms. The fourth-order valence-electron chi connectivity index (χ4n) is 3.32. The van der Waals surface area contributed by atoms with Crippen molar-refractivity contribution in [1.29, 1.82) is 0 Å². The van der Waals surface area contributed by atoms with Gasteiger partial charge in [0, 0.05) is 29.9 Å². The third kappa shape index (κ3) is 3.88. The van der Waals surface area contributed by atoms with E-state index in [1.807, 2.05) is 36.9 Å². The first-order chi connectivity index (χ1) is 12.7. The Morgan fingerprint density at radius 2 is 1.69 bits per heavy atom. The maximum absolute atomic E-state index is 12.5. The highest BCUT2D eigenvalue weighted by atomic mass is 79.9. The van der Waals surface area contributed by atoms with Crippen molar-refractivity contribution >= 4 is 21.8 Å². The van der Waals surface area contributed by atoms with Crippen molar-refractivity contribution in [2.75, 3.05) is 25.2 Å². The minimum Gasteiger partial charge on any atom is -0.454 e. The zero-order valence-corrected chi connectivity index (χ0v) is 16.8. The summed E-state index contributed by atoms with van der Waals surface area (Å²) in [6.45, 7) is 5.73. The number of nitrogens with zero attached hydrogens (tertiary/aromatic N) is 1. The molecule has 1 atom stereocenters. The normalized spacial score (nSPS) is 13.5. The lowest BCUT2D eigenvalue weighted by Crippen LogP contribution is -2.30. The summed E-state index contributed by atoms with van der Waals surface area (Å²) >= 11 is 3.57. The van der Waals surface area contributed by atoms with E-state index in [-0.39, 0.29) is 18.6 Å². The summed E-state index contributed by atoms with van der Waals surface area (Å²) in [5.41, 5.74) is 3.12. The number of alkyl halides is 1. The van der Waals surface area contributed by atoms with E-state index >= 15 is 0 Å². The van der Waals surface area contributed by atoms with Crippen molar-refractivity contribution in [3.8, 4) is 11.5 Å². The van der Waals surface area contributed by atoms with Crippen LogP contribution < -0.4 is 9.47 Å². The van der Waals surface area contributed by atoms with Crippen LogP contribution in [-0.4, -0.2) is 36.0 Å². The van der Waals surface area contributed by atoms with E-state index in [0.29, 0.717) is 0 Å². The smallest absolute Gasteiger partial charge is 0.253 e. The summed E-state index contributed by atoms with van der Waals surface area (Å²) in [6.07, 6.45) is 0.961. The van der Waals surface area contributed by atoms with Crippen molar-refractivity contribution in [2.45, 2.75) is 26.2 Å². The molecule has 138 valence electrons. The lowest BCUT2D eigenvalue weighted by atomic mass is 9.88. The van der Waals surface area contributed by atoms with Gasteiger partial charge in [-0.15, -0.1) is 0 Å². The molecular formula is C21H24BrNO3. The average Bonchev–Trinajstić information content (AvgIpc) is 3.15. The summed E-state index contributed by atoms with van der Waals surface area (Å²) in [5, 5.41) is 0.895. The van der Waals surface area contributed by atoms with Crippen molar-refractivity contribution in [3.05, 3.63) is 59.2 Å². The van der Waals surface area contributed by atoms with Gasteiger partial charge in [0.2, 0.25) is 6.79 Å². The average molecular weight is 418 g/mol. The number of amides is 1. The van der Waals surface area contributed by atoms with Crippen LogP contribution in [-0.2, 0) is 0 Å². The van der Waals surface area contributed by atoms with E-state index in [4.69, 9.17) is 9.47 Å². The topological polar surface area (TPSA) is 38.8 Å². The summed E-state index contributed by atoms with van der Waals surface area (Å²) in [6, 6.07) is 14.1. The van der Waals surface area contributed by atoms with E-state index in [1.54, 1.807) is 0 Å². The summed E-state index contributed by atoms with van der Waals surface area (Å²) < 4.78 is 10.9. The summed E-state index contributed by atoms with van der Waals surface area (Å²) in [5.74, 6) is 1.92. The molecule has 1 aliphatic heterocycles. The monoisotopic (exact) mass is 417 g/mol. The SMILES string of the molecule is CCN(CC)C(=O)c1ccc(C(CCBr)c2ccc3c(c2)OCO3)cc1. The molecule has 0 fully saturated rings. The van der Waals surface area contributed by atoms with Crippen LogP contribution in [0, 0.1) is 0 Å². The number of benzene rings is 2. The molecule has 26 heavy (non-hydrogen) atoms. The van der Waals surface area contributed by atoms with Crippen molar-refractivity contribution in [1.82, 2.24) is 4.90 Å². The van der Waals surface area contributed by atoms with Gasteiger partial charge in [0.15, 0.2) is 11.5 Å². The third-order valence-electron chi connectivity index (χ3n) is 4.81. The predicted molar refractivity (Wildman–Crippen MR) is 107 cm³/mol. The molecule has 0 bridgehead atoms. The van der Waals surface area contributed by atoms with Gasteiger partial charge in [0.1, 0.15) is 0 Å². The van der Waals surface area contributed by atoms with Crippen LogP contribution >= 0.6 is 15.9 Å². The second kappa shape index (κ2) is 8.58. The van der Waals surface area contributed by atoms with Crippen LogP contribution in [0.2, 0.25) is 0 Å². The van der Waals surface area contributed by atoms with Crippen LogP contribution in [0.3, 0.4) is 0 Å². The number of fused-ring (bicyclic) bond motifs is 1. The number of hydrogen-bond acceptors (Lipinski definition) is 3. The fraction of sp³-hybridized carbons (Fsp3) is 0.381. The minimum absolute atomic E-state index is 0.0849. The number of rotatable bonds is 7. The van der Waals surface area contributed by atoms with E-state index in [2.05, 4.69) is 40.2 Å². The second-order valence-corrected chi connectivity index (χ2v) is 7.04. The molecule has 0 saturated carbocycles. The molecule has 1 aliphatic rings. The Balaban J connectivity index is 1.85. The van der Waals surface area contributed by atoms with Crippen LogP contribution in [0.25, 0.3) is 0 Å². The maximum Gasteiger partial charge on any atom is 0.253 e. The van der Waals surface area contributed by atoms with Gasteiger partial charge in [-0.05, 0) is 55.7 Å². The molecule has 2 aromatic rings. The second-order valence-electron chi connectivity index (χ2n) is 6.24. The molecule has 0 N–H and O–H groups in total. The Bertz CT molecular complexity index is 756. The van der Waals surface area contributed by atoms with Gasteiger partial charge in [-0.2, -0.15) is 0 Å². The minimum atomic E-state index is 0.0849. The van der Waals surface area contributed by atoms with Gasteiger partial charge in [-0.1, -0.05) is 34.1 Å². The highest BCUT2D eigenvalue weighted by Crippen LogP contribution is 2.37. The molecule has 1 heterocycles. The van der Waals surface area contributed by atoms with Crippen LogP contribution in [0.5, 0.6) is 11.5 Å². The van der Waals surface area contributed by atoms with Gasteiger partial charge >= 0.3 is 0 Å². The molecule has 1 amide bonds. The van der Waals surface area contributed by atoms with Crippen LogP contribution in [0.1, 0.15) is 47.7 Å². The highest BCUT2D eigenvalue weighted by Gasteiger charge is 2.20. The first-order valence-electron chi connectivity index (χ1n) is 9.02. The lowest BCUT2D eigenvalue weighted by molar-refractivity contribution is 0.0773. The van der Waals surface area contributed by atoms with E-state index < -0.39 is 0 Å². The Hall–Kier alpha value is -2.01. The van der Waals surface area contributed by atoms with Gasteiger partial charge in [0.25, 0.3) is 5.91 Å². The van der Waals surface area contributed by atoms with Crippen LogP contribution in [0.15, 0.2) is 42.5 Å². The van der Waals surface area contributed by atoms with E-state index in [1.165, 1.54) is 11.1 Å². The Labute approximate surface area is 163 Å². The molecule has 1 unspecified atom stereocenters. The molecule has 0 aliphatic carbocycles. The Kier molecular flexibility index (Phi) is 6.20. The molecule has 4 nitrogen and oxygen atoms in total. The molecule has 0 aromatic heterocycles. The predicted octanol–water partition coefficient (Wildman–Crippen LogP) is 4.81. The van der Waals surface area contributed by atoms with Gasteiger partial charge in [-0.3, -0.25) is 4.79 Å². The number of carbonyl (C=O) groups is 1. The van der Waals surface area contributed by atoms with Crippen LogP contribution in [0.4, 0.5) is 0 Å². The first kappa shape index (κ1) is 18.8. The Morgan fingerprint density at radius 3 is 2.35 bits per heavy atom. The number of carbonyl (C=O) groups excluding carboxylic acids is 1. The lowest BCUT2D eigenvalue weighted by Gasteiger charge is -2.20. The first-order valence-corrected chi connectivity index (χ1v) is 10.1. The standard InChI is InChI=1S/C21H24BrNO3/c1-3-23(4-2)21(24)16-7-5-15(6-8-16)18(11-12-22)17-9-10-19-20(13-17)26-14-25-19/h5-10,13,18H,3-4,11-12,14H2,1-2H3. The van der Waals surface area contributed by atoms with Gasteiger partial charge < -0.3 is 14.4 Å². The molecule has 2 aromatic carbocycles. The number of ether oxygens (including phenoxy) is 2. The quantitative estimate of drug-likeness (QED) is 0.606. The van der Waals surface area contributed by atoms with Crippen molar-refractivity contribution < 1.29 is 14.3 Å². The van der Waals surface area contributed by atoms with Gasteiger partial charge in [-0.25, -0.2) is 0 Å². The van der Waals surface area contributed by atoms with Crippen molar-refractivity contribution in [3.63, 3.8) is 0 Å². The maximum atomic E-state index is 12.5. The molecule has 0 radical (unpaired) electrons. The largest absolute Gasteiger partial charge is 0.454 e. The van der Waals surface area contributed by atoms with Gasteiger partial charge in [0.05, 0.1) is 0 Å². The highest BCUT2D eigenvalue weighted by molar-refractivity contribution is 9.09. The summed E-state index contributed by atoms with van der Waals surface area (Å²) in [7, 11) is 0. The zero-order valence-electron chi connectivity index (χ0n) is 15.2. The molecule has 0 saturated heterocycles. The Morgan fingerprint density at radius 1 is 1.04 bits per heavy atom. The molecule has 0 spiro atoms. The number of halogens is 1. The summed E-state index contributed by atoms with van der Waals surface area (Å²) in [4.78, 5) is 14.3.